The Balaban J connectivity index is 1.48. The lowest BCUT2D eigenvalue weighted by atomic mass is 10.1. The van der Waals surface area contributed by atoms with E-state index < -0.39 is 23.8 Å². The van der Waals surface area contributed by atoms with Crippen molar-refractivity contribution >= 4 is 38.6 Å². The molecule has 0 radical (unpaired) electrons. The summed E-state index contributed by atoms with van der Waals surface area (Å²) in [6.07, 6.45) is -0.392. The van der Waals surface area contributed by atoms with Crippen molar-refractivity contribution < 1.29 is 28.6 Å². The highest BCUT2D eigenvalue weighted by Gasteiger charge is 2.23. The number of nitrogens with one attached hydrogen (secondary N) is 2. The molecule has 0 spiro atoms. The number of rotatable bonds is 8. The number of aromatic nitrogens is 2. The van der Waals surface area contributed by atoms with Gasteiger partial charge in [-0.05, 0) is 24.6 Å². The first-order valence-corrected chi connectivity index (χ1v) is 12.5. The van der Waals surface area contributed by atoms with Crippen molar-refractivity contribution in [2.75, 3.05) is 38.2 Å². The molecule has 1 aliphatic rings. The van der Waals surface area contributed by atoms with E-state index in [4.69, 9.17) is 9.47 Å². The van der Waals surface area contributed by atoms with Crippen LogP contribution in [0.4, 0.5) is 9.52 Å². The van der Waals surface area contributed by atoms with Gasteiger partial charge in [-0.1, -0.05) is 41.7 Å². The SMILES string of the molecule is Cc1[nH]c(C(=O)Nc2nc3c(OC(CN4CCOCC4)c4ccccc4)cc(C(=O)O)cc3s2)cc1F. The van der Waals surface area contributed by atoms with Crippen LogP contribution in [0.1, 0.15) is 38.2 Å². The molecule has 1 fully saturated rings. The number of halogens is 1. The van der Waals surface area contributed by atoms with Crippen LogP contribution < -0.4 is 10.1 Å². The summed E-state index contributed by atoms with van der Waals surface area (Å²) >= 11 is 1.11. The van der Waals surface area contributed by atoms with Gasteiger partial charge in [-0.3, -0.25) is 15.0 Å². The number of fused-ring (bicyclic) bond motifs is 1. The van der Waals surface area contributed by atoms with Crippen LogP contribution in [0.2, 0.25) is 0 Å². The highest BCUT2D eigenvalue weighted by atomic mass is 32.1. The molecule has 3 heterocycles. The van der Waals surface area contributed by atoms with E-state index in [2.05, 4.69) is 20.2 Å². The number of benzene rings is 2. The second kappa shape index (κ2) is 10.7. The van der Waals surface area contributed by atoms with Crippen molar-refractivity contribution in [3.05, 3.63) is 76.9 Å². The van der Waals surface area contributed by atoms with Crippen molar-refractivity contribution in [3.63, 3.8) is 0 Å². The maximum atomic E-state index is 13.7. The van der Waals surface area contributed by atoms with E-state index in [0.717, 1.165) is 36.1 Å². The number of ether oxygens (including phenoxy) is 2. The molecular weight excluding hydrogens is 499 g/mol. The van der Waals surface area contributed by atoms with E-state index in [1.807, 2.05) is 30.3 Å². The number of nitrogens with zero attached hydrogens (tertiary/aromatic N) is 2. The van der Waals surface area contributed by atoms with Crippen LogP contribution in [0.25, 0.3) is 10.2 Å². The van der Waals surface area contributed by atoms with Gasteiger partial charge in [0.25, 0.3) is 5.91 Å². The fraction of sp³-hybridized carbons (Fsp3) is 0.269. The highest BCUT2D eigenvalue weighted by Crippen LogP contribution is 2.36. The fourth-order valence-electron chi connectivity index (χ4n) is 4.14. The van der Waals surface area contributed by atoms with E-state index in [0.29, 0.717) is 35.7 Å². The molecule has 9 nitrogen and oxygen atoms in total. The molecule has 0 bridgehead atoms. The Morgan fingerprint density at radius 3 is 2.68 bits per heavy atom. The molecule has 1 unspecified atom stereocenters. The largest absolute Gasteiger partial charge is 0.482 e. The number of H-pyrrole nitrogens is 1. The van der Waals surface area contributed by atoms with E-state index in [1.165, 1.54) is 19.1 Å². The molecule has 192 valence electrons. The van der Waals surface area contributed by atoms with Gasteiger partial charge < -0.3 is 19.6 Å². The van der Waals surface area contributed by atoms with Crippen molar-refractivity contribution in [3.8, 4) is 5.75 Å². The number of hydrogen-bond donors (Lipinski definition) is 3. The third kappa shape index (κ3) is 5.63. The number of morpholine rings is 1. The van der Waals surface area contributed by atoms with Gasteiger partial charge in [0.05, 0.1) is 23.5 Å². The molecule has 0 saturated carbocycles. The summed E-state index contributed by atoms with van der Waals surface area (Å²) in [5.41, 5.74) is 1.73. The third-order valence-electron chi connectivity index (χ3n) is 6.09. The molecule has 2 aromatic carbocycles. The molecule has 5 rings (SSSR count). The van der Waals surface area contributed by atoms with Crippen LogP contribution in [-0.2, 0) is 4.74 Å². The molecular formula is C26H25FN4O5S. The first-order valence-electron chi connectivity index (χ1n) is 11.7. The lowest BCUT2D eigenvalue weighted by Crippen LogP contribution is -2.39. The summed E-state index contributed by atoms with van der Waals surface area (Å²) in [4.78, 5) is 33.9. The number of thiazole rings is 1. The number of hydrogen-bond acceptors (Lipinski definition) is 7. The minimum Gasteiger partial charge on any atom is -0.482 e. The average Bonchev–Trinajstić information content (AvgIpc) is 3.46. The topological polar surface area (TPSA) is 117 Å². The fourth-order valence-corrected chi connectivity index (χ4v) is 5.05. The van der Waals surface area contributed by atoms with Crippen LogP contribution in [0, 0.1) is 12.7 Å². The Bertz CT molecular complexity index is 1410. The predicted octanol–water partition coefficient (Wildman–Crippen LogP) is 4.47. The highest BCUT2D eigenvalue weighted by molar-refractivity contribution is 7.22. The van der Waals surface area contributed by atoms with E-state index in [-0.39, 0.29) is 22.1 Å². The molecule has 1 aliphatic heterocycles. The Labute approximate surface area is 215 Å². The maximum Gasteiger partial charge on any atom is 0.335 e. The Morgan fingerprint density at radius 1 is 1.24 bits per heavy atom. The van der Waals surface area contributed by atoms with Gasteiger partial charge in [-0.2, -0.15) is 0 Å². The molecule has 1 amide bonds. The van der Waals surface area contributed by atoms with E-state index >= 15 is 0 Å². The van der Waals surface area contributed by atoms with Crippen LogP contribution in [-0.4, -0.2) is 64.7 Å². The van der Waals surface area contributed by atoms with Crippen molar-refractivity contribution in [1.82, 2.24) is 14.9 Å². The number of amides is 1. The summed E-state index contributed by atoms with van der Waals surface area (Å²) in [6.45, 7) is 4.92. The summed E-state index contributed by atoms with van der Waals surface area (Å²) < 4.78 is 26.2. The first-order chi connectivity index (χ1) is 17.9. The summed E-state index contributed by atoms with van der Waals surface area (Å²) in [5.74, 6) is -1.87. The number of carbonyl (C=O) groups excluding carboxylic acids is 1. The van der Waals surface area contributed by atoms with Crippen LogP contribution in [0.3, 0.4) is 0 Å². The molecule has 2 aromatic heterocycles. The van der Waals surface area contributed by atoms with Gasteiger partial charge in [-0.15, -0.1) is 0 Å². The lowest BCUT2D eigenvalue weighted by molar-refractivity contribution is 0.0190. The summed E-state index contributed by atoms with van der Waals surface area (Å²) in [6, 6.07) is 13.8. The molecule has 0 aliphatic carbocycles. The van der Waals surface area contributed by atoms with Gasteiger partial charge >= 0.3 is 5.97 Å². The van der Waals surface area contributed by atoms with E-state index in [9.17, 15) is 19.1 Å². The van der Waals surface area contributed by atoms with Gasteiger partial charge in [0, 0.05) is 31.4 Å². The summed E-state index contributed by atoms with van der Waals surface area (Å²) in [5, 5.41) is 12.6. The number of carboxylic acid groups (broad SMARTS) is 1. The molecule has 1 atom stereocenters. The summed E-state index contributed by atoms with van der Waals surface area (Å²) in [7, 11) is 0. The van der Waals surface area contributed by atoms with Crippen molar-refractivity contribution in [2.24, 2.45) is 0 Å². The zero-order valence-electron chi connectivity index (χ0n) is 20.0. The smallest absolute Gasteiger partial charge is 0.335 e. The van der Waals surface area contributed by atoms with E-state index in [1.54, 1.807) is 0 Å². The number of aromatic carboxylic acids is 1. The molecule has 4 aromatic rings. The quantitative estimate of drug-likeness (QED) is 0.311. The first kappa shape index (κ1) is 24.9. The van der Waals surface area contributed by atoms with Gasteiger partial charge in [0.2, 0.25) is 0 Å². The minimum atomic E-state index is -1.10. The maximum absolute atomic E-state index is 13.7. The number of carboxylic acids is 1. The normalized spacial score (nSPS) is 15.0. The number of anilines is 1. The number of aryl methyl sites for hydroxylation is 1. The standard InChI is InChI=1S/C26H25FN4O5S/c1-15-18(27)13-19(28-15)24(32)30-26-29-23-20(11-17(25(33)34)12-22(23)37-26)36-21(16-5-3-2-4-6-16)14-31-7-9-35-10-8-31/h2-6,11-13,21,28H,7-10,14H2,1H3,(H,33,34)(H,29,30,32). The van der Waals surface area contributed by atoms with Crippen molar-refractivity contribution in [1.29, 1.82) is 0 Å². The number of carbonyl (C=O) groups is 2. The van der Waals surface area contributed by atoms with Crippen LogP contribution in [0.5, 0.6) is 5.75 Å². The molecule has 3 N–H and O–H groups in total. The van der Waals surface area contributed by atoms with Crippen LogP contribution >= 0.6 is 11.3 Å². The average molecular weight is 525 g/mol. The Kier molecular flexibility index (Phi) is 7.17. The molecule has 37 heavy (non-hydrogen) atoms. The zero-order valence-corrected chi connectivity index (χ0v) is 20.8. The second-order valence-electron chi connectivity index (χ2n) is 8.69. The predicted molar refractivity (Wildman–Crippen MR) is 137 cm³/mol. The zero-order chi connectivity index (χ0) is 25.9. The van der Waals surface area contributed by atoms with Crippen LogP contribution in [0.15, 0.2) is 48.5 Å². The van der Waals surface area contributed by atoms with Gasteiger partial charge in [0.15, 0.2) is 5.13 Å². The third-order valence-corrected chi connectivity index (χ3v) is 7.01. The Hall–Kier alpha value is -3.80. The molecule has 11 heteroatoms. The lowest BCUT2D eigenvalue weighted by Gasteiger charge is -2.31. The minimum absolute atomic E-state index is 0.0456. The van der Waals surface area contributed by atoms with Crippen molar-refractivity contribution in [2.45, 2.75) is 13.0 Å². The Morgan fingerprint density at radius 2 is 2.00 bits per heavy atom. The van der Waals surface area contributed by atoms with Gasteiger partial charge in [0.1, 0.15) is 28.9 Å². The monoisotopic (exact) mass is 524 g/mol. The van der Waals surface area contributed by atoms with Gasteiger partial charge in [-0.25, -0.2) is 14.2 Å². The number of aromatic amines is 1. The molecule has 1 saturated heterocycles. The second-order valence-corrected chi connectivity index (χ2v) is 9.72.